The van der Waals surface area contributed by atoms with Crippen molar-refractivity contribution in [1.29, 1.82) is 0 Å². The van der Waals surface area contributed by atoms with Crippen LogP contribution >= 0.6 is 7.88 Å². The molecule has 0 nitrogen and oxygen atoms in total. The van der Waals surface area contributed by atoms with Crippen molar-refractivity contribution in [2.75, 3.05) is 0 Å². The van der Waals surface area contributed by atoms with Crippen LogP contribution in [0.5, 0.6) is 0 Å². The topological polar surface area (TPSA) is 0 Å². The maximum Gasteiger partial charge on any atom is 0.452 e. The molecule has 0 spiro atoms. The molecule has 0 saturated carbocycles. The lowest BCUT2D eigenvalue weighted by molar-refractivity contribution is 0.742. The normalized spacial score (nSPS) is 11.3. The lowest BCUT2D eigenvalue weighted by Crippen LogP contribution is -2.14. The molecule has 0 aliphatic carbocycles. The summed E-state index contributed by atoms with van der Waals surface area (Å²) in [4.78, 5) is 0. The van der Waals surface area contributed by atoms with Crippen LogP contribution in [0.25, 0.3) is 0 Å². The summed E-state index contributed by atoms with van der Waals surface area (Å²) in [5.74, 6) is 0. The quantitative estimate of drug-likeness (QED) is 0.684. The van der Waals surface area contributed by atoms with Crippen LogP contribution in [0.15, 0.2) is 60.7 Å². The molecule has 0 amide bonds. The molecule has 0 saturated heterocycles. The molecule has 0 radical (unpaired) electrons. The van der Waals surface area contributed by atoms with Gasteiger partial charge in [-0.3, -0.25) is 0 Å². The maximum atomic E-state index is 14.0. The lowest BCUT2D eigenvalue weighted by atomic mass is 10.4. The molecular weight excluding hydrogens is 213 g/mol. The third-order valence-corrected chi connectivity index (χ3v) is 4.05. The van der Waals surface area contributed by atoms with Crippen LogP contribution < -0.4 is 10.6 Å². The summed E-state index contributed by atoms with van der Waals surface area (Å²) < 4.78 is 28.0. The molecule has 15 heavy (non-hydrogen) atoms. The summed E-state index contributed by atoms with van der Waals surface area (Å²) in [6.45, 7) is 0. The maximum absolute atomic E-state index is 14.0. The van der Waals surface area contributed by atoms with E-state index in [0.29, 0.717) is 0 Å². The van der Waals surface area contributed by atoms with Crippen molar-refractivity contribution in [3.8, 4) is 0 Å². The van der Waals surface area contributed by atoms with Gasteiger partial charge < -0.3 is 0 Å². The van der Waals surface area contributed by atoms with E-state index in [4.69, 9.17) is 0 Å². The predicted molar refractivity (Wildman–Crippen MR) is 61.3 cm³/mol. The van der Waals surface area contributed by atoms with Crippen molar-refractivity contribution in [3.63, 3.8) is 0 Å². The summed E-state index contributed by atoms with van der Waals surface area (Å²) in [5.41, 5.74) is 0. The molecule has 0 N–H and O–H groups in total. The number of hydrogen-bond acceptors (Lipinski definition) is 0. The smallest absolute Gasteiger partial charge is 0.0620 e. The van der Waals surface area contributed by atoms with Crippen LogP contribution in [0.3, 0.4) is 0 Å². The molecular formula is C12H10F2P+. The van der Waals surface area contributed by atoms with Crippen LogP contribution in [0.4, 0.5) is 8.39 Å². The van der Waals surface area contributed by atoms with E-state index in [1.165, 1.54) is 24.3 Å². The average molecular weight is 223 g/mol. The highest BCUT2D eigenvalue weighted by atomic mass is 31.2. The van der Waals surface area contributed by atoms with Crippen molar-refractivity contribution in [1.82, 2.24) is 0 Å². The molecule has 0 bridgehead atoms. The zero-order chi connectivity index (χ0) is 10.7. The van der Waals surface area contributed by atoms with E-state index in [2.05, 4.69) is 0 Å². The monoisotopic (exact) mass is 223 g/mol. The molecule has 0 aliphatic heterocycles. The van der Waals surface area contributed by atoms with Gasteiger partial charge in [-0.15, -0.1) is 0 Å². The number of hydrogen-bond donors (Lipinski definition) is 0. The van der Waals surface area contributed by atoms with Gasteiger partial charge in [0.25, 0.3) is 0 Å². The molecule has 0 aromatic heterocycles. The highest BCUT2D eigenvalue weighted by molar-refractivity contribution is 7.80. The van der Waals surface area contributed by atoms with Crippen LogP contribution in [0.1, 0.15) is 0 Å². The van der Waals surface area contributed by atoms with Crippen molar-refractivity contribution >= 4 is 18.5 Å². The van der Waals surface area contributed by atoms with Gasteiger partial charge in [0.15, 0.2) is 10.6 Å². The lowest BCUT2D eigenvalue weighted by Gasteiger charge is -2.04. The van der Waals surface area contributed by atoms with Crippen LogP contribution in [-0.2, 0) is 0 Å². The highest BCUT2D eigenvalue weighted by Gasteiger charge is 2.47. The zero-order valence-corrected chi connectivity index (χ0v) is 8.87. The van der Waals surface area contributed by atoms with E-state index in [0.717, 1.165) is 0 Å². The first-order valence-electron chi connectivity index (χ1n) is 4.61. The fourth-order valence-corrected chi connectivity index (χ4v) is 2.77. The first kappa shape index (κ1) is 10.3. The zero-order valence-electron chi connectivity index (χ0n) is 7.98. The highest BCUT2D eigenvalue weighted by Crippen LogP contribution is 2.59. The molecule has 0 fully saturated rings. The van der Waals surface area contributed by atoms with Crippen molar-refractivity contribution in [2.24, 2.45) is 0 Å². The first-order chi connectivity index (χ1) is 7.21. The van der Waals surface area contributed by atoms with Gasteiger partial charge in [0.05, 0.1) is 0 Å². The molecule has 3 heteroatoms. The van der Waals surface area contributed by atoms with E-state index in [9.17, 15) is 8.39 Å². The Labute approximate surface area is 88.1 Å². The molecule has 0 unspecified atom stereocenters. The molecule has 0 atom stereocenters. The van der Waals surface area contributed by atoms with Crippen molar-refractivity contribution in [2.45, 2.75) is 0 Å². The Bertz CT molecular complexity index is 384. The third kappa shape index (κ3) is 2.05. The summed E-state index contributed by atoms with van der Waals surface area (Å²) in [6, 6.07) is 16.0. The van der Waals surface area contributed by atoms with Crippen LogP contribution in [0.2, 0.25) is 0 Å². The Hall–Kier alpha value is -1.27. The summed E-state index contributed by atoms with van der Waals surface area (Å²) in [5, 5.41) is 0.271. The molecule has 2 aromatic carbocycles. The Kier molecular flexibility index (Phi) is 2.79. The second-order valence-corrected chi connectivity index (χ2v) is 5.25. The van der Waals surface area contributed by atoms with Gasteiger partial charge in [-0.05, 0) is 32.7 Å². The molecule has 2 rings (SSSR count). The fraction of sp³-hybridized carbons (Fsp3) is 0. The minimum Gasteiger partial charge on any atom is -0.0620 e. The van der Waals surface area contributed by atoms with E-state index < -0.39 is 7.88 Å². The summed E-state index contributed by atoms with van der Waals surface area (Å²) >= 11 is 0. The largest absolute Gasteiger partial charge is 0.452 e. The minimum atomic E-state index is -4.15. The van der Waals surface area contributed by atoms with E-state index in [1.54, 1.807) is 36.4 Å². The Morgan fingerprint density at radius 3 is 1.27 bits per heavy atom. The van der Waals surface area contributed by atoms with Crippen LogP contribution in [-0.4, -0.2) is 0 Å². The Morgan fingerprint density at radius 2 is 0.933 bits per heavy atom. The Morgan fingerprint density at radius 1 is 0.600 bits per heavy atom. The SMILES string of the molecule is F[P+](F)(c1ccccc1)c1ccccc1. The number of rotatable bonds is 2. The number of benzene rings is 2. The van der Waals surface area contributed by atoms with Gasteiger partial charge in [-0.1, -0.05) is 36.4 Å². The average Bonchev–Trinajstić information content (AvgIpc) is 2.31. The standard InChI is InChI=1S/C12H10F2P/c13-15(14,11-7-3-1-4-8-11)12-9-5-2-6-10-12/h1-10H/q+1. The van der Waals surface area contributed by atoms with E-state index in [-0.39, 0.29) is 10.6 Å². The van der Waals surface area contributed by atoms with Crippen molar-refractivity contribution < 1.29 is 8.39 Å². The molecule has 76 valence electrons. The third-order valence-electron chi connectivity index (χ3n) is 2.16. The van der Waals surface area contributed by atoms with Crippen LogP contribution in [0, 0.1) is 0 Å². The second-order valence-electron chi connectivity index (χ2n) is 3.18. The molecule has 2 aromatic rings. The Balaban J connectivity index is 2.44. The summed E-state index contributed by atoms with van der Waals surface area (Å²) in [7, 11) is -4.15. The van der Waals surface area contributed by atoms with Crippen molar-refractivity contribution in [3.05, 3.63) is 60.7 Å². The predicted octanol–water partition coefficient (Wildman–Crippen LogP) is 3.42. The molecule has 0 heterocycles. The molecule has 0 aliphatic rings. The van der Waals surface area contributed by atoms with Gasteiger partial charge in [0.2, 0.25) is 0 Å². The fourth-order valence-electron chi connectivity index (χ4n) is 1.38. The second kappa shape index (κ2) is 4.08. The first-order valence-corrected chi connectivity index (χ1v) is 6.18. The van der Waals surface area contributed by atoms with E-state index in [1.807, 2.05) is 0 Å². The van der Waals surface area contributed by atoms with Gasteiger partial charge in [0, 0.05) is 0 Å². The summed E-state index contributed by atoms with van der Waals surface area (Å²) in [6.07, 6.45) is 0. The minimum absolute atomic E-state index is 0.135. The van der Waals surface area contributed by atoms with Gasteiger partial charge in [-0.25, -0.2) is 0 Å². The van der Waals surface area contributed by atoms with E-state index >= 15 is 0 Å². The number of halogens is 2. The van der Waals surface area contributed by atoms with Gasteiger partial charge in [0.1, 0.15) is 0 Å². The van der Waals surface area contributed by atoms with Gasteiger partial charge in [-0.2, -0.15) is 0 Å². The van der Waals surface area contributed by atoms with Gasteiger partial charge >= 0.3 is 7.88 Å².